The number of alkyl halides is 1. The van der Waals surface area contributed by atoms with Crippen molar-refractivity contribution in [1.82, 2.24) is 19.5 Å². The molecule has 4 rings (SSSR count). The molecule has 0 atom stereocenters. The average molecular weight is 398 g/mol. The lowest BCUT2D eigenvalue weighted by atomic mass is 9.93. The molecule has 0 radical (unpaired) electrons. The van der Waals surface area contributed by atoms with Crippen LogP contribution in [0.1, 0.15) is 25.7 Å². The Balaban J connectivity index is 1.75. The first-order valence-corrected chi connectivity index (χ1v) is 9.72. The summed E-state index contributed by atoms with van der Waals surface area (Å²) in [5, 5.41) is 17.4. The Morgan fingerprint density at radius 1 is 1.21 bits per heavy atom. The van der Waals surface area contributed by atoms with Crippen LogP contribution < -0.4 is 16.2 Å². The van der Waals surface area contributed by atoms with E-state index in [1.54, 1.807) is 36.9 Å². The first kappa shape index (κ1) is 19.3. The highest BCUT2D eigenvalue weighted by molar-refractivity contribution is 5.93. The molecule has 3 aromatic heterocycles. The van der Waals surface area contributed by atoms with Gasteiger partial charge in [0.1, 0.15) is 24.1 Å². The molecule has 1 aliphatic rings. The molecule has 1 fully saturated rings. The number of halogens is 1. The lowest BCUT2D eigenvalue weighted by molar-refractivity contribution is 0.126. The third-order valence-corrected chi connectivity index (χ3v) is 5.14. The molecule has 1 aliphatic carbocycles. The van der Waals surface area contributed by atoms with Gasteiger partial charge in [0, 0.05) is 24.6 Å². The van der Waals surface area contributed by atoms with Crippen LogP contribution in [-0.2, 0) is 6.54 Å². The fourth-order valence-corrected chi connectivity index (χ4v) is 3.65. The van der Waals surface area contributed by atoms with Crippen molar-refractivity contribution in [2.75, 3.05) is 17.3 Å². The van der Waals surface area contributed by atoms with Crippen LogP contribution in [0, 0.1) is 0 Å². The SMILES string of the molecule is O=c1c2c(N[C@H]3CC[C@@H](O)CC3)nc(Nc3cnccn3)cc2ccn1CCF. The number of pyridine rings is 2. The van der Waals surface area contributed by atoms with Crippen molar-refractivity contribution in [3.63, 3.8) is 0 Å². The zero-order valence-electron chi connectivity index (χ0n) is 15.9. The minimum Gasteiger partial charge on any atom is -0.393 e. The van der Waals surface area contributed by atoms with Crippen LogP contribution in [0.25, 0.3) is 10.8 Å². The van der Waals surface area contributed by atoms with Gasteiger partial charge in [0.15, 0.2) is 0 Å². The predicted molar refractivity (Wildman–Crippen MR) is 109 cm³/mol. The molecular formula is C20H23FN6O2. The summed E-state index contributed by atoms with van der Waals surface area (Å²) < 4.78 is 14.2. The number of hydrogen-bond donors (Lipinski definition) is 3. The summed E-state index contributed by atoms with van der Waals surface area (Å²) in [7, 11) is 0. The highest BCUT2D eigenvalue weighted by Crippen LogP contribution is 2.27. The van der Waals surface area contributed by atoms with E-state index >= 15 is 0 Å². The van der Waals surface area contributed by atoms with E-state index in [-0.39, 0.29) is 24.2 Å². The second kappa shape index (κ2) is 8.52. The molecule has 1 saturated carbocycles. The summed E-state index contributed by atoms with van der Waals surface area (Å²) in [6.07, 6.45) is 9.05. The van der Waals surface area contributed by atoms with Gasteiger partial charge in [-0.05, 0) is 43.2 Å². The highest BCUT2D eigenvalue weighted by Gasteiger charge is 2.21. The van der Waals surface area contributed by atoms with Crippen LogP contribution in [0.5, 0.6) is 0 Å². The smallest absolute Gasteiger partial charge is 0.262 e. The van der Waals surface area contributed by atoms with Crippen molar-refractivity contribution in [2.45, 2.75) is 44.4 Å². The van der Waals surface area contributed by atoms with Crippen LogP contribution in [-0.4, -0.2) is 43.4 Å². The maximum atomic E-state index is 12.9. The Morgan fingerprint density at radius 2 is 2.03 bits per heavy atom. The highest BCUT2D eigenvalue weighted by atomic mass is 19.1. The second-order valence-corrected chi connectivity index (χ2v) is 7.19. The molecule has 0 unspecified atom stereocenters. The van der Waals surface area contributed by atoms with E-state index in [0.29, 0.717) is 41.1 Å². The molecule has 0 amide bonds. The van der Waals surface area contributed by atoms with Gasteiger partial charge >= 0.3 is 0 Å². The molecule has 8 nitrogen and oxygen atoms in total. The zero-order chi connectivity index (χ0) is 20.2. The number of nitrogens with one attached hydrogen (secondary N) is 2. The van der Waals surface area contributed by atoms with Crippen molar-refractivity contribution in [3.8, 4) is 0 Å². The van der Waals surface area contributed by atoms with E-state index in [2.05, 4.69) is 25.6 Å². The van der Waals surface area contributed by atoms with Crippen LogP contribution in [0.15, 0.2) is 41.7 Å². The van der Waals surface area contributed by atoms with E-state index in [1.807, 2.05) is 0 Å². The normalized spacial score (nSPS) is 19.2. The summed E-state index contributed by atoms with van der Waals surface area (Å²) in [6, 6.07) is 3.65. The summed E-state index contributed by atoms with van der Waals surface area (Å²) in [5.74, 6) is 1.52. The molecule has 0 aliphatic heterocycles. The van der Waals surface area contributed by atoms with Crippen molar-refractivity contribution in [1.29, 1.82) is 0 Å². The van der Waals surface area contributed by atoms with E-state index in [1.165, 1.54) is 4.57 Å². The van der Waals surface area contributed by atoms with Crippen molar-refractivity contribution < 1.29 is 9.50 Å². The van der Waals surface area contributed by atoms with Crippen LogP contribution >= 0.6 is 0 Å². The number of aryl methyl sites for hydroxylation is 1. The van der Waals surface area contributed by atoms with Crippen LogP contribution in [0.2, 0.25) is 0 Å². The number of nitrogens with zero attached hydrogens (tertiary/aromatic N) is 4. The second-order valence-electron chi connectivity index (χ2n) is 7.19. The third kappa shape index (κ3) is 4.34. The number of aliphatic hydroxyl groups is 1. The van der Waals surface area contributed by atoms with Gasteiger partial charge in [0.05, 0.1) is 24.2 Å². The van der Waals surface area contributed by atoms with Gasteiger partial charge in [-0.15, -0.1) is 0 Å². The molecule has 0 saturated heterocycles. The van der Waals surface area contributed by atoms with Gasteiger partial charge in [-0.25, -0.2) is 14.4 Å². The number of aromatic nitrogens is 4. The van der Waals surface area contributed by atoms with Crippen molar-refractivity contribution in [2.24, 2.45) is 0 Å². The Kier molecular flexibility index (Phi) is 5.66. The van der Waals surface area contributed by atoms with Gasteiger partial charge in [0.2, 0.25) is 0 Å². The van der Waals surface area contributed by atoms with Crippen molar-refractivity contribution >= 4 is 28.2 Å². The summed E-state index contributed by atoms with van der Waals surface area (Å²) >= 11 is 0. The van der Waals surface area contributed by atoms with Crippen LogP contribution in [0.4, 0.5) is 21.8 Å². The topological polar surface area (TPSA) is 105 Å². The molecule has 3 aromatic rings. The zero-order valence-corrected chi connectivity index (χ0v) is 15.9. The average Bonchev–Trinajstić information content (AvgIpc) is 2.72. The van der Waals surface area contributed by atoms with Crippen molar-refractivity contribution in [3.05, 3.63) is 47.3 Å². The lowest BCUT2D eigenvalue weighted by Gasteiger charge is -2.27. The molecule has 29 heavy (non-hydrogen) atoms. The number of aliphatic hydroxyl groups excluding tert-OH is 1. The molecule has 152 valence electrons. The van der Waals surface area contributed by atoms with Gasteiger partial charge < -0.3 is 20.3 Å². The quantitative estimate of drug-likeness (QED) is 0.586. The van der Waals surface area contributed by atoms with E-state index in [9.17, 15) is 14.3 Å². The minimum atomic E-state index is -0.617. The Labute approximate surface area is 166 Å². The predicted octanol–water partition coefficient (Wildman–Crippen LogP) is 2.62. The summed E-state index contributed by atoms with van der Waals surface area (Å²) in [5.41, 5.74) is -0.281. The van der Waals surface area contributed by atoms with Crippen LogP contribution in [0.3, 0.4) is 0 Å². The molecule has 9 heteroatoms. The first-order chi connectivity index (χ1) is 14.1. The Hall–Kier alpha value is -3.07. The maximum Gasteiger partial charge on any atom is 0.262 e. The maximum absolute atomic E-state index is 12.9. The number of anilines is 3. The van der Waals surface area contributed by atoms with Gasteiger partial charge in [-0.3, -0.25) is 9.78 Å². The molecule has 0 spiro atoms. The monoisotopic (exact) mass is 398 g/mol. The van der Waals surface area contributed by atoms with Gasteiger partial charge in [-0.1, -0.05) is 0 Å². The van der Waals surface area contributed by atoms with Gasteiger partial charge in [0.25, 0.3) is 5.56 Å². The summed E-state index contributed by atoms with van der Waals surface area (Å²) in [4.78, 5) is 25.8. The standard InChI is InChI=1S/C20H23FN6O2/c21-6-10-27-9-5-13-11-16(25-17-12-22-7-8-23-17)26-19(18(13)20(27)29)24-14-1-3-15(28)4-2-14/h5,7-9,11-12,14-15,28H,1-4,6,10H2,(H2,23,24,25,26)/t14-,15+. The lowest BCUT2D eigenvalue weighted by Crippen LogP contribution is -2.30. The molecule has 3 N–H and O–H groups in total. The van der Waals surface area contributed by atoms with Gasteiger partial charge in [-0.2, -0.15) is 0 Å². The summed E-state index contributed by atoms with van der Waals surface area (Å²) in [6.45, 7) is -0.613. The fraction of sp³-hybridized carbons (Fsp3) is 0.400. The molecule has 0 bridgehead atoms. The number of fused-ring (bicyclic) bond motifs is 1. The molecule has 3 heterocycles. The molecular weight excluding hydrogens is 375 g/mol. The Bertz CT molecular complexity index is 1030. The van der Waals surface area contributed by atoms with E-state index in [0.717, 1.165) is 12.8 Å². The minimum absolute atomic E-state index is 0.00341. The first-order valence-electron chi connectivity index (χ1n) is 9.72. The largest absolute Gasteiger partial charge is 0.393 e. The van der Waals surface area contributed by atoms with E-state index < -0.39 is 6.67 Å². The fourth-order valence-electron chi connectivity index (χ4n) is 3.65. The van der Waals surface area contributed by atoms with E-state index in [4.69, 9.17) is 0 Å². The Morgan fingerprint density at radius 3 is 2.76 bits per heavy atom. The molecule has 0 aromatic carbocycles. The third-order valence-electron chi connectivity index (χ3n) is 5.14. The number of hydrogen-bond acceptors (Lipinski definition) is 7. The number of rotatable bonds is 6.